The van der Waals surface area contributed by atoms with Crippen LogP contribution in [0.1, 0.15) is 0 Å². The van der Waals surface area contributed by atoms with Gasteiger partial charge in [0.1, 0.15) is 0 Å². The minimum atomic E-state index is -1.82. The Morgan fingerprint density at radius 1 is 1.00 bits per heavy atom. The van der Waals surface area contributed by atoms with E-state index >= 15 is 0 Å². The van der Waals surface area contributed by atoms with Gasteiger partial charge in [0, 0.05) is 48.9 Å². The summed E-state index contributed by atoms with van der Waals surface area (Å²) < 4.78 is 0. The normalized spacial score (nSPS) is 5.50. The minimum absolute atomic E-state index is 0. The number of carboxylic acid groups (broad SMARTS) is 2. The van der Waals surface area contributed by atoms with Crippen LogP contribution in [-0.2, 0) is 9.59 Å². The van der Waals surface area contributed by atoms with E-state index in [9.17, 15) is 0 Å². The number of aliphatic carboxylic acids is 2. The summed E-state index contributed by atoms with van der Waals surface area (Å²) in [5, 5.41) is 14.8. The molecule has 0 aromatic rings. The molecule has 5 nitrogen and oxygen atoms in total. The maximum absolute atomic E-state index is 9.10. The zero-order valence-corrected chi connectivity index (χ0v) is 8.36. The molecule has 0 rings (SSSR count). The van der Waals surface area contributed by atoms with Gasteiger partial charge >= 0.3 is 11.9 Å². The van der Waals surface area contributed by atoms with Crippen LogP contribution in [0.15, 0.2) is 0 Å². The summed E-state index contributed by atoms with van der Waals surface area (Å²) >= 11 is 0. The summed E-state index contributed by atoms with van der Waals surface area (Å²) in [6, 6.07) is 0. The van der Waals surface area contributed by atoms with E-state index in [0.717, 1.165) is 0 Å². The first-order chi connectivity index (χ1) is 2.64. The van der Waals surface area contributed by atoms with E-state index in [-0.39, 0.29) is 54.4 Å². The van der Waals surface area contributed by atoms with Crippen LogP contribution in [0.3, 0.4) is 0 Å². The van der Waals surface area contributed by atoms with Crippen LogP contribution >= 0.6 is 0 Å². The second-order valence-corrected chi connectivity index (χ2v) is 0.610. The van der Waals surface area contributed by atoms with E-state index in [0.29, 0.717) is 0 Å². The average Bonchev–Trinajstić information content (AvgIpc) is 1.36. The Morgan fingerprint density at radius 3 is 1.12 bits per heavy atom. The van der Waals surface area contributed by atoms with Crippen LogP contribution in [0.4, 0.5) is 0 Å². The molecule has 2 radical (unpaired) electrons. The topological polar surface area (TPSA) is 106 Å². The van der Waals surface area contributed by atoms with Crippen molar-refractivity contribution in [2.24, 2.45) is 0 Å². The Balaban J connectivity index is -0.000000125. The molecule has 0 aliphatic heterocycles. The second kappa shape index (κ2) is 7.47. The zero-order valence-electron chi connectivity index (χ0n) is 3.92. The van der Waals surface area contributed by atoms with Crippen LogP contribution in [0, 0.1) is 0 Å². The fourth-order valence-electron chi connectivity index (χ4n) is 0. The van der Waals surface area contributed by atoms with Crippen molar-refractivity contribution < 1.29 is 25.3 Å². The van der Waals surface area contributed by atoms with E-state index < -0.39 is 11.9 Å². The Hall–Kier alpha value is 0.471. The molecule has 0 saturated carbocycles. The number of carboxylic acids is 2. The van der Waals surface area contributed by atoms with Gasteiger partial charge in [-0.3, -0.25) is 0 Å². The molecular weight excluding hydrogens is 241 g/mol. The molecule has 0 aliphatic carbocycles. The third-order valence-corrected chi connectivity index (χ3v) is 0.183. The average molecular weight is 245 g/mol. The van der Waals surface area contributed by atoms with Gasteiger partial charge in [0.05, 0.1) is 0 Å². The van der Waals surface area contributed by atoms with E-state index in [4.69, 9.17) is 19.8 Å². The smallest absolute Gasteiger partial charge is 0.414 e. The maximum atomic E-state index is 9.10. The number of hydrogen-bond donors (Lipinski definition) is 2. The van der Waals surface area contributed by atoms with Gasteiger partial charge in [-0.05, 0) is 0 Å². The first kappa shape index (κ1) is 15.8. The van der Waals surface area contributed by atoms with Crippen molar-refractivity contribution in [2.45, 2.75) is 0 Å². The van der Waals surface area contributed by atoms with Gasteiger partial charge in [-0.25, -0.2) is 9.59 Å². The molecule has 0 fully saturated rings. The zero-order chi connectivity index (χ0) is 5.15. The molecule has 0 aromatic heterocycles. The van der Waals surface area contributed by atoms with Crippen LogP contribution in [0.5, 0.6) is 0 Å². The van der Waals surface area contributed by atoms with Gasteiger partial charge in [0.15, 0.2) is 0 Å². The van der Waals surface area contributed by atoms with Crippen LogP contribution in [0.2, 0.25) is 0 Å². The van der Waals surface area contributed by atoms with Crippen molar-refractivity contribution in [2.75, 3.05) is 0 Å². The first-order valence-corrected chi connectivity index (χ1v) is 1.11. The van der Waals surface area contributed by atoms with Gasteiger partial charge in [-0.2, -0.15) is 0 Å². The van der Waals surface area contributed by atoms with Crippen LogP contribution in [-0.4, -0.2) is 76.5 Å². The predicted molar refractivity (Wildman–Crippen MR) is 24.6 cm³/mol. The Morgan fingerprint density at radius 2 is 1.12 bits per heavy atom. The van der Waals surface area contributed by atoms with Gasteiger partial charge in [-0.15, -0.1) is 0 Å². The molecule has 0 saturated heterocycles. The van der Waals surface area contributed by atoms with Gasteiger partial charge in [0.2, 0.25) is 0 Å². The van der Waals surface area contributed by atoms with E-state index in [1.165, 1.54) is 0 Å². The summed E-state index contributed by atoms with van der Waals surface area (Å²) in [7, 11) is 0. The van der Waals surface area contributed by atoms with Gasteiger partial charge < -0.3 is 15.7 Å². The standard InChI is InChI=1S/C2H2O4.Ba.H2O/c3-1(4)2(5)6;;/h(H,3,4)(H,5,6);;1H2. The van der Waals surface area contributed by atoms with Gasteiger partial charge in [-0.1, -0.05) is 0 Å². The molecule has 0 amide bonds. The third-order valence-electron chi connectivity index (χ3n) is 0.183. The van der Waals surface area contributed by atoms with Crippen molar-refractivity contribution in [1.82, 2.24) is 0 Å². The Kier molecular flexibility index (Phi) is 14.8. The van der Waals surface area contributed by atoms with Crippen molar-refractivity contribution in [3.05, 3.63) is 0 Å². The summed E-state index contributed by atoms with van der Waals surface area (Å²) in [5.41, 5.74) is 0. The van der Waals surface area contributed by atoms with Crippen molar-refractivity contribution >= 4 is 60.8 Å². The van der Waals surface area contributed by atoms with Crippen molar-refractivity contribution in [3.63, 3.8) is 0 Å². The summed E-state index contributed by atoms with van der Waals surface area (Å²) in [5.74, 6) is -3.65. The summed E-state index contributed by atoms with van der Waals surface area (Å²) in [6.45, 7) is 0. The predicted octanol–water partition coefficient (Wildman–Crippen LogP) is -2.05. The molecule has 8 heavy (non-hydrogen) atoms. The number of carbonyl (C=O) groups is 2. The molecule has 4 N–H and O–H groups in total. The molecule has 44 valence electrons. The van der Waals surface area contributed by atoms with Crippen LogP contribution in [0.25, 0.3) is 0 Å². The molecule has 0 heterocycles. The largest absolute Gasteiger partial charge is 0.473 e. The van der Waals surface area contributed by atoms with E-state index in [1.54, 1.807) is 0 Å². The van der Waals surface area contributed by atoms with Crippen molar-refractivity contribution in [1.29, 1.82) is 0 Å². The maximum Gasteiger partial charge on any atom is 0.414 e. The quantitative estimate of drug-likeness (QED) is 0.378. The monoisotopic (exact) mass is 246 g/mol. The fraction of sp³-hybridized carbons (Fsp3) is 0. The van der Waals surface area contributed by atoms with E-state index in [2.05, 4.69) is 0 Å². The molecular formula is C2H4BaO5. The van der Waals surface area contributed by atoms with Gasteiger partial charge in [0.25, 0.3) is 0 Å². The molecule has 0 unspecified atom stereocenters. The first-order valence-electron chi connectivity index (χ1n) is 1.11. The Labute approximate surface area is 85.1 Å². The summed E-state index contributed by atoms with van der Waals surface area (Å²) in [4.78, 5) is 18.2. The fourth-order valence-corrected chi connectivity index (χ4v) is 0. The number of rotatable bonds is 0. The Bertz CT molecular complexity index is 76.4. The van der Waals surface area contributed by atoms with E-state index in [1.807, 2.05) is 0 Å². The van der Waals surface area contributed by atoms with Crippen molar-refractivity contribution in [3.8, 4) is 0 Å². The second-order valence-electron chi connectivity index (χ2n) is 0.610. The molecule has 0 aromatic carbocycles. The molecule has 0 aliphatic rings. The minimum Gasteiger partial charge on any atom is -0.473 e. The summed E-state index contributed by atoms with van der Waals surface area (Å²) in [6.07, 6.45) is 0. The number of hydrogen-bond acceptors (Lipinski definition) is 2. The third kappa shape index (κ3) is 9.69. The SMILES string of the molecule is O.O=C(O)C(=O)O.[Ba]. The molecule has 6 heteroatoms. The molecule has 0 bridgehead atoms. The molecule has 0 spiro atoms. The molecule has 0 atom stereocenters. The van der Waals surface area contributed by atoms with Crippen LogP contribution < -0.4 is 0 Å².